The van der Waals surface area contributed by atoms with Gasteiger partial charge in [-0.3, -0.25) is 14.6 Å². The van der Waals surface area contributed by atoms with Crippen molar-refractivity contribution in [3.63, 3.8) is 0 Å². The Hall–Kier alpha value is -1.43. The zero-order chi connectivity index (χ0) is 16.9. The van der Waals surface area contributed by atoms with Crippen molar-refractivity contribution < 1.29 is 14.3 Å². The lowest BCUT2D eigenvalue weighted by molar-refractivity contribution is -0.134. The number of hydrogen-bond donors (Lipinski definition) is 1. The summed E-state index contributed by atoms with van der Waals surface area (Å²) in [6, 6.07) is 0.421. The maximum atomic E-state index is 12.5. The Morgan fingerprint density at radius 3 is 2.75 bits per heavy atom. The highest BCUT2D eigenvalue weighted by Crippen LogP contribution is 2.30. The van der Waals surface area contributed by atoms with E-state index in [1.54, 1.807) is 18.3 Å². The molecule has 0 saturated heterocycles. The molecule has 134 valence electrons. The fraction of sp³-hybridized carbons (Fsp3) is 0.833. The van der Waals surface area contributed by atoms with Crippen molar-refractivity contribution in [3.05, 3.63) is 0 Å². The van der Waals surface area contributed by atoms with Crippen molar-refractivity contribution in [2.24, 2.45) is 10.9 Å². The molecule has 1 heterocycles. The summed E-state index contributed by atoms with van der Waals surface area (Å²) in [7, 11) is 1.75. The Labute approximate surface area is 144 Å². The topological polar surface area (TPSA) is 71.0 Å². The molecular weight excluding hydrogens is 306 g/mol. The molecule has 0 radical (unpaired) electrons. The lowest BCUT2D eigenvalue weighted by Gasteiger charge is -2.35. The molecule has 0 aromatic rings. The molecule has 2 atom stereocenters. The minimum absolute atomic E-state index is 0.0304. The van der Waals surface area contributed by atoms with Gasteiger partial charge < -0.3 is 15.0 Å². The van der Waals surface area contributed by atoms with Crippen LogP contribution in [-0.2, 0) is 14.3 Å². The van der Waals surface area contributed by atoms with E-state index >= 15 is 0 Å². The van der Waals surface area contributed by atoms with E-state index in [0.717, 1.165) is 44.9 Å². The number of nitrogens with one attached hydrogen (secondary N) is 1. The van der Waals surface area contributed by atoms with Crippen LogP contribution in [0.5, 0.6) is 0 Å². The first-order chi connectivity index (χ1) is 11.7. The molecule has 2 unspecified atom stereocenters. The number of carbonyl (C=O) groups excluding carboxylic acids is 2. The standard InChI is InChI=1S/C18H29N3O3/c1-24-14-8-6-13(7-9-14)20-17(22)10-11-21-12-19-16-5-3-2-4-15(16)18(21)23/h12-16H,2-11H2,1H3,(H,20,22). The molecule has 1 aliphatic heterocycles. The van der Waals surface area contributed by atoms with Crippen molar-refractivity contribution in [2.75, 3.05) is 13.7 Å². The summed E-state index contributed by atoms with van der Waals surface area (Å²) in [6.07, 6.45) is 10.5. The Morgan fingerprint density at radius 1 is 1.25 bits per heavy atom. The second kappa shape index (κ2) is 8.10. The summed E-state index contributed by atoms with van der Waals surface area (Å²) in [6.45, 7) is 0.435. The average molecular weight is 335 g/mol. The largest absolute Gasteiger partial charge is 0.381 e. The zero-order valence-electron chi connectivity index (χ0n) is 14.6. The number of hydrogen-bond acceptors (Lipinski definition) is 4. The number of aliphatic imine (C=N–C) groups is 1. The quantitative estimate of drug-likeness (QED) is 0.834. The van der Waals surface area contributed by atoms with Crippen LogP contribution in [0, 0.1) is 5.92 Å². The van der Waals surface area contributed by atoms with Gasteiger partial charge in [-0.2, -0.15) is 0 Å². The molecule has 3 aliphatic rings. The molecule has 6 nitrogen and oxygen atoms in total. The van der Waals surface area contributed by atoms with E-state index in [2.05, 4.69) is 10.3 Å². The molecule has 1 N–H and O–H groups in total. The van der Waals surface area contributed by atoms with Gasteiger partial charge in [-0.25, -0.2) is 0 Å². The highest BCUT2D eigenvalue weighted by molar-refractivity contribution is 5.92. The molecule has 0 aromatic heterocycles. The van der Waals surface area contributed by atoms with Crippen molar-refractivity contribution >= 4 is 18.2 Å². The van der Waals surface area contributed by atoms with Gasteiger partial charge >= 0.3 is 0 Å². The molecule has 24 heavy (non-hydrogen) atoms. The number of amides is 2. The molecule has 2 fully saturated rings. The number of rotatable bonds is 5. The smallest absolute Gasteiger partial charge is 0.232 e. The predicted molar refractivity (Wildman–Crippen MR) is 91.8 cm³/mol. The van der Waals surface area contributed by atoms with Gasteiger partial charge in [-0.15, -0.1) is 0 Å². The molecule has 0 bridgehead atoms. The van der Waals surface area contributed by atoms with Crippen LogP contribution < -0.4 is 5.32 Å². The van der Waals surface area contributed by atoms with Crippen LogP contribution in [0.3, 0.4) is 0 Å². The third-order valence-corrected chi connectivity index (χ3v) is 5.68. The van der Waals surface area contributed by atoms with Crippen molar-refractivity contribution in [1.82, 2.24) is 10.2 Å². The Bertz CT molecular complexity index is 486. The highest BCUT2D eigenvalue weighted by Gasteiger charge is 2.36. The van der Waals surface area contributed by atoms with E-state index in [1.807, 2.05) is 0 Å². The molecule has 0 spiro atoms. The Balaban J connectivity index is 1.42. The molecule has 6 heteroatoms. The average Bonchev–Trinajstić information content (AvgIpc) is 2.62. The van der Waals surface area contributed by atoms with E-state index in [1.165, 1.54) is 6.42 Å². The first kappa shape index (κ1) is 17.4. The van der Waals surface area contributed by atoms with Gasteiger partial charge in [0.2, 0.25) is 11.8 Å². The third kappa shape index (κ3) is 4.15. The summed E-state index contributed by atoms with van der Waals surface area (Å²) in [5.74, 6) is 0.224. The van der Waals surface area contributed by atoms with E-state index in [-0.39, 0.29) is 29.8 Å². The van der Waals surface area contributed by atoms with E-state index in [9.17, 15) is 9.59 Å². The van der Waals surface area contributed by atoms with Crippen LogP contribution in [0.1, 0.15) is 57.8 Å². The van der Waals surface area contributed by atoms with Crippen molar-refractivity contribution in [1.29, 1.82) is 0 Å². The number of carbonyl (C=O) groups is 2. The van der Waals surface area contributed by atoms with Gasteiger partial charge in [0.25, 0.3) is 0 Å². The molecule has 3 rings (SSSR count). The minimum atomic E-state index is 0.0304. The van der Waals surface area contributed by atoms with Crippen molar-refractivity contribution in [2.45, 2.75) is 76.0 Å². The first-order valence-electron chi connectivity index (χ1n) is 9.33. The normalized spacial score (nSPS) is 33.2. The summed E-state index contributed by atoms with van der Waals surface area (Å²) in [5.41, 5.74) is 0. The molecule has 2 amide bonds. The monoisotopic (exact) mass is 335 g/mol. The number of fused-ring (bicyclic) bond motifs is 1. The third-order valence-electron chi connectivity index (χ3n) is 5.68. The van der Waals surface area contributed by atoms with E-state index < -0.39 is 0 Å². The number of ether oxygens (including phenoxy) is 1. The number of methoxy groups -OCH3 is 1. The van der Waals surface area contributed by atoms with E-state index in [0.29, 0.717) is 19.1 Å². The second-order valence-electron chi connectivity index (χ2n) is 7.28. The van der Waals surface area contributed by atoms with Gasteiger partial charge in [0.05, 0.1) is 24.4 Å². The molecule has 2 saturated carbocycles. The molecule has 0 aromatic carbocycles. The van der Waals surface area contributed by atoms with Crippen molar-refractivity contribution in [3.8, 4) is 0 Å². The van der Waals surface area contributed by atoms with Crippen LogP contribution in [0.15, 0.2) is 4.99 Å². The lowest BCUT2D eigenvalue weighted by atomic mass is 9.83. The minimum Gasteiger partial charge on any atom is -0.381 e. The van der Waals surface area contributed by atoms with Gasteiger partial charge in [0, 0.05) is 26.1 Å². The van der Waals surface area contributed by atoms with Gasteiger partial charge in [-0.05, 0) is 38.5 Å². The Kier molecular flexibility index (Phi) is 5.87. The zero-order valence-corrected chi connectivity index (χ0v) is 14.6. The summed E-state index contributed by atoms with van der Waals surface area (Å²) in [4.78, 5) is 30.9. The van der Waals surface area contributed by atoms with Crippen LogP contribution in [0.2, 0.25) is 0 Å². The predicted octanol–water partition coefficient (Wildman–Crippen LogP) is 1.88. The van der Waals surface area contributed by atoms with E-state index in [4.69, 9.17) is 4.74 Å². The maximum Gasteiger partial charge on any atom is 0.232 e. The Morgan fingerprint density at radius 2 is 2.00 bits per heavy atom. The fourth-order valence-corrected chi connectivity index (χ4v) is 4.15. The second-order valence-corrected chi connectivity index (χ2v) is 7.28. The van der Waals surface area contributed by atoms with Crippen LogP contribution >= 0.6 is 0 Å². The summed E-state index contributed by atoms with van der Waals surface area (Å²) in [5, 5.41) is 3.10. The van der Waals surface area contributed by atoms with Crippen LogP contribution in [-0.4, -0.2) is 54.9 Å². The van der Waals surface area contributed by atoms with Gasteiger partial charge in [0.15, 0.2) is 0 Å². The first-order valence-corrected chi connectivity index (χ1v) is 9.33. The van der Waals surface area contributed by atoms with Crippen LogP contribution in [0.25, 0.3) is 0 Å². The van der Waals surface area contributed by atoms with Crippen LogP contribution in [0.4, 0.5) is 0 Å². The highest BCUT2D eigenvalue weighted by atomic mass is 16.5. The number of nitrogens with zero attached hydrogens (tertiary/aromatic N) is 2. The maximum absolute atomic E-state index is 12.5. The lowest BCUT2D eigenvalue weighted by Crippen LogP contribution is -2.47. The fourth-order valence-electron chi connectivity index (χ4n) is 4.15. The summed E-state index contributed by atoms with van der Waals surface area (Å²) >= 11 is 0. The summed E-state index contributed by atoms with van der Waals surface area (Å²) < 4.78 is 5.35. The molecule has 2 aliphatic carbocycles. The van der Waals surface area contributed by atoms with Gasteiger partial charge in [0.1, 0.15) is 0 Å². The van der Waals surface area contributed by atoms with Gasteiger partial charge in [-0.1, -0.05) is 12.8 Å². The molecular formula is C18H29N3O3. The SMILES string of the molecule is COC1CCC(NC(=O)CCN2C=NC3CCCCC3C2=O)CC1.